The van der Waals surface area contributed by atoms with Gasteiger partial charge < -0.3 is 20.6 Å². The normalized spacial score (nSPS) is 10.7. The van der Waals surface area contributed by atoms with E-state index in [0.29, 0.717) is 5.76 Å². The number of furan rings is 1. The number of nitrogens with zero attached hydrogens (tertiary/aromatic N) is 3. The van der Waals surface area contributed by atoms with Crippen molar-refractivity contribution < 1.29 is 13.9 Å². The van der Waals surface area contributed by atoms with Crippen LogP contribution in [-0.4, -0.2) is 20.9 Å². The number of nitrogen functional groups attached to an aromatic ring is 2. The SMILES string of the molecule is Nc1nc(N)nc(COC(=O)/C=C/c2ccco2)n1. The summed E-state index contributed by atoms with van der Waals surface area (Å²) in [5, 5.41) is 0. The molecule has 0 aliphatic carbocycles. The van der Waals surface area contributed by atoms with Gasteiger partial charge in [0, 0.05) is 6.08 Å². The maximum Gasteiger partial charge on any atom is 0.331 e. The van der Waals surface area contributed by atoms with Gasteiger partial charge in [-0.05, 0) is 18.2 Å². The molecule has 0 bridgehead atoms. The third kappa shape index (κ3) is 3.80. The van der Waals surface area contributed by atoms with E-state index in [-0.39, 0.29) is 24.3 Å². The number of carbonyl (C=O) groups excluding carboxylic acids is 1. The lowest BCUT2D eigenvalue weighted by Gasteiger charge is -2.02. The highest BCUT2D eigenvalue weighted by Gasteiger charge is 2.04. The second-order valence-corrected chi connectivity index (χ2v) is 3.42. The molecule has 0 saturated carbocycles. The molecular formula is C11H11N5O3. The van der Waals surface area contributed by atoms with Gasteiger partial charge >= 0.3 is 5.97 Å². The molecule has 2 aromatic heterocycles. The zero-order valence-corrected chi connectivity index (χ0v) is 9.81. The van der Waals surface area contributed by atoms with E-state index in [9.17, 15) is 4.79 Å². The van der Waals surface area contributed by atoms with Crippen molar-refractivity contribution >= 4 is 23.9 Å². The van der Waals surface area contributed by atoms with Crippen molar-refractivity contribution in [2.24, 2.45) is 0 Å². The quantitative estimate of drug-likeness (QED) is 0.596. The Balaban J connectivity index is 1.89. The van der Waals surface area contributed by atoms with Gasteiger partial charge in [-0.2, -0.15) is 15.0 Å². The molecule has 0 aromatic carbocycles. The van der Waals surface area contributed by atoms with Crippen LogP contribution in [0.4, 0.5) is 11.9 Å². The lowest BCUT2D eigenvalue weighted by atomic mass is 10.4. The first-order valence-corrected chi connectivity index (χ1v) is 5.28. The van der Waals surface area contributed by atoms with Crippen LogP contribution in [0.25, 0.3) is 6.08 Å². The number of anilines is 2. The summed E-state index contributed by atoms with van der Waals surface area (Å²) in [6.07, 6.45) is 4.21. The van der Waals surface area contributed by atoms with Gasteiger partial charge in [-0.3, -0.25) is 0 Å². The summed E-state index contributed by atoms with van der Waals surface area (Å²) in [7, 11) is 0. The van der Waals surface area contributed by atoms with Crippen molar-refractivity contribution in [3.8, 4) is 0 Å². The molecule has 0 atom stereocenters. The van der Waals surface area contributed by atoms with E-state index in [1.54, 1.807) is 12.1 Å². The molecule has 0 radical (unpaired) electrons. The minimum Gasteiger partial charge on any atom is -0.465 e. The van der Waals surface area contributed by atoms with Gasteiger partial charge in [0.15, 0.2) is 12.4 Å². The lowest BCUT2D eigenvalue weighted by Crippen LogP contribution is -2.09. The summed E-state index contributed by atoms with van der Waals surface area (Å²) in [4.78, 5) is 22.5. The molecule has 2 rings (SSSR count). The fourth-order valence-electron chi connectivity index (χ4n) is 1.24. The predicted octanol–water partition coefficient (Wildman–Crippen LogP) is 0.386. The highest BCUT2D eigenvalue weighted by Crippen LogP contribution is 2.04. The van der Waals surface area contributed by atoms with Crippen molar-refractivity contribution in [1.29, 1.82) is 0 Å². The average Bonchev–Trinajstić information content (AvgIpc) is 2.86. The maximum atomic E-state index is 11.4. The molecule has 8 nitrogen and oxygen atoms in total. The molecule has 0 aliphatic rings. The second-order valence-electron chi connectivity index (χ2n) is 3.42. The van der Waals surface area contributed by atoms with Gasteiger partial charge in [0.2, 0.25) is 11.9 Å². The Morgan fingerprint density at radius 1 is 1.32 bits per heavy atom. The van der Waals surface area contributed by atoms with Crippen LogP contribution in [0.15, 0.2) is 28.9 Å². The van der Waals surface area contributed by atoms with E-state index in [0.717, 1.165) is 0 Å². The second kappa shape index (κ2) is 5.63. The van der Waals surface area contributed by atoms with E-state index < -0.39 is 5.97 Å². The van der Waals surface area contributed by atoms with E-state index in [4.69, 9.17) is 20.6 Å². The van der Waals surface area contributed by atoms with Crippen molar-refractivity contribution in [1.82, 2.24) is 15.0 Å². The number of esters is 1. The third-order valence-corrected chi connectivity index (χ3v) is 1.99. The zero-order valence-electron chi connectivity index (χ0n) is 9.81. The van der Waals surface area contributed by atoms with Crippen LogP contribution in [0.5, 0.6) is 0 Å². The Bertz CT molecular complexity index is 574. The summed E-state index contributed by atoms with van der Waals surface area (Å²) in [5.41, 5.74) is 10.8. The molecule has 0 saturated heterocycles. The summed E-state index contributed by atoms with van der Waals surface area (Å²) in [6, 6.07) is 3.42. The minimum absolute atomic E-state index is 0.0234. The smallest absolute Gasteiger partial charge is 0.331 e. The number of carbonyl (C=O) groups is 1. The van der Waals surface area contributed by atoms with Crippen LogP contribution >= 0.6 is 0 Å². The molecule has 19 heavy (non-hydrogen) atoms. The number of nitrogens with two attached hydrogens (primary N) is 2. The van der Waals surface area contributed by atoms with E-state index >= 15 is 0 Å². The predicted molar refractivity (Wildman–Crippen MR) is 66.2 cm³/mol. The zero-order chi connectivity index (χ0) is 13.7. The number of aromatic nitrogens is 3. The Labute approximate surface area is 108 Å². The minimum atomic E-state index is -0.561. The first-order chi connectivity index (χ1) is 9.13. The van der Waals surface area contributed by atoms with E-state index in [1.807, 2.05) is 0 Å². The van der Waals surface area contributed by atoms with E-state index in [2.05, 4.69) is 15.0 Å². The Morgan fingerprint density at radius 2 is 2.05 bits per heavy atom. The van der Waals surface area contributed by atoms with Crippen LogP contribution in [0.1, 0.15) is 11.6 Å². The average molecular weight is 261 g/mol. The fraction of sp³-hybridized carbons (Fsp3) is 0.0909. The van der Waals surface area contributed by atoms with Gasteiger partial charge in [0.05, 0.1) is 6.26 Å². The van der Waals surface area contributed by atoms with Crippen molar-refractivity contribution in [3.05, 3.63) is 36.1 Å². The molecule has 0 spiro atoms. The fourth-order valence-corrected chi connectivity index (χ4v) is 1.24. The van der Waals surface area contributed by atoms with Crippen molar-refractivity contribution in [2.45, 2.75) is 6.61 Å². The highest BCUT2D eigenvalue weighted by molar-refractivity contribution is 5.86. The Kier molecular flexibility index (Phi) is 3.72. The molecule has 8 heteroatoms. The van der Waals surface area contributed by atoms with Gasteiger partial charge in [0.1, 0.15) is 5.76 Å². The van der Waals surface area contributed by atoms with Crippen LogP contribution in [0.3, 0.4) is 0 Å². The largest absolute Gasteiger partial charge is 0.465 e. The molecule has 0 aliphatic heterocycles. The summed E-state index contributed by atoms with van der Waals surface area (Å²) in [6.45, 7) is -0.141. The van der Waals surface area contributed by atoms with Gasteiger partial charge in [0.25, 0.3) is 0 Å². The Morgan fingerprint density at radius 3 is 2.68 bits per heavy atom. The van der Waals surface area contributed by atoms with Crippen LogP contribution < -0.4 is 11.5 Å². The first kappa shape index (κ1) is 12.6. The molecule has 98 valence electrons. The van der Waals surface area contributed by atoms with Crippen molar-refractivity contribution in [3.63, 3.8) is 0 Å². The van der Waals surface area contributed by atoms with Gasteiger partial charge in [-0.1, -0.05) is 0 Å². The molecule has 2 heterocycles. The van der Waals surface area contributed by atoms with Gasteiger partial charge in [-0.25, -0.2) is 4.79 Å². The molecule has 0 amide bonds. The topological polar surface area (TPSA) is 130 Å². The monoisotopic (exact) mass is 261 g/mol. The molecule has 4 N–H and O–H groups in total. The van der Waals surface area contributed by atoms with Crippen LogP contribution in [0.2, 0.25) is 0 Å². The summed E-state index contributed by atoms with van der Waals surface area (Å²) in [5.74, 6) is 0.124. The number of rotatable bonds is 4. The van der Waals surface area contributed by atoms with Gasteiger partial charge in [-0.15, -0.1) is 0 Å². The standard InChI is InChI=1S/C11H11N5O3/c12-10-14-8(15-11(13)16-10)6-19-9(17)4-3-7-2-1-5-18-7/h1-5H,6H2,(H4,12,13,14,15,16)/b4-3+. The lowest BCUT2D eigenvalue weighted by molar-refractivity contribution is -0.139. The molecule has 0 fully saturated rings. The molecule has 0 unspecified atom stereocenters. The third-order valence-electron chi connectivity index (χ3n) is 1.99. The molecule has 2 aromatic rings. The summed E-state index contributed by atoms with van der Waals surface area (Å²) < 4.78 is 9.92. The molecular weight excluding hydrogens is 250 g/mol. The number of hydrogen-bond acceptors (Lipinski definition) is 8. The maximum absolute atomic E-state index is 11.4. The van der Waals surface area contributed by atoms with Crippen molar-refractivity contribution in [2.75, 3.05) is 11.5 Å². The van der Waals surface area contributed by atoms with Crippen LogP contribution in [-0.2, 0) is 16.1 Å². The highest BCUT2D eigenvalue weighted by atomic mass is 16.5. The number of ether oxygens (including phenoxy) is 1. The number of hydrogen-bond donors (Lipinski definition) is 2. The summed E-state index contributed by atoms with van der Waals surface area (Å²) >= 11 is 0. The van der Waals surface area contributed by atoms with Crippen LogP contribution in [0, 0.1) is 0 Å². The first-order valence-electron chi connectivity index (χ1n) is 5.28. The Hall–Kier alpha value is -2.90. The van der Waals surface area contributed by atoms with E-state index in [1.165, 1.54) is 18.4 Å².